The van der Waals surface area contributed by atoms with Gasteiger partial charge in [-0.1, -0.05) is 36.4 Å². The molecule has 0 saturated carbocycles. The highest BCUT2D eigenvalue weighted by Gasteiger charge is 2.10. The second-order valence-corrected chi connectivity index (χ2v) is 6.33. The van der Waals surface area contributed by atoms with Crippen molar-refractivity contribution in [1.29, 1.82) is 0 Å². The number of ether oxygens (including phenoxy) is 4. The molecule has 0 unspecified atom stereocenters. The van der Waals surface area contributed by atoms with Gasteiger partial charge < -0.3 is 18.9 Å². The maximum absolute atomic E-state index is 6.10. The van der Waals surface area contributed by atoms with E-state index in [9.17, 15) is 0 Å². The van der Waals surface area contributed by atoms with Gasteiger partial charge in [0.15, 0.2) is 11.5 Å². The summed E-state index contributed by atoms with van der Waals surface area (Å²) in [4.78, 5) is 4.66. The lowest BCUT2D eigenvalue weighted by Crippen LogP contribution is -2.11. The summed E-state index contributed by atoms with van der Waals surface area (Å²) in [5.74, 6) is 3.04. The summed E-state index contributed by atoms with van der Waals surface area (Å²) in [6.45, 7) is 4.40. The number of rotatable bonds is 8. The zero-order valence-corrected chi connectivity index (χ0v) is 17.4. The molecule has 154 valence electrons. The minimum Gasteiger partial charge on any atom is -0.494 e. The molecule has 0 saturated heterocycles. The van der Waals surface area contributed by atoms with E-state index in [4.69, 9.17) is 18.9 Å². The number of para-hydroxylation sites is 3. The van der Waals surface area contributed by atoms with Crippen LogP contribution in [0.1, 0.15) is 13.8 Å². The van der Waals surface area contributed by atoms with Gasteiger partial charge >= 0.3 is 0 Å². The lowest BCUT2D eigenvalue weighted by atomic mass is 10.3. The Kier molecular flexibility index (Phi) is 7.50. The van der Waals surface area contributed by atoms with Crippen LogP contribution in [0, 0.1) is 0 Å². The number of benzene rings is 3. The average molecular weight is 403 g/mol. The molecule has 0 amide bonds. The van der Waals surface area contributed by atoms with Gasteiger partial charge in [-0.25, -0.2) is 4.99 Å². The van der Waals surface area contributed by atoms with Crippen molar-refractivity contribution in [3.8, 4) is 23.0 Å². The largest absolute Gasteiger partial charge is 0.494 e. The summed E-state index contributed by atoms with van der Waals surface area (Å²) in [6, 6.07) is 24.5. The zero-order valence-electron chi connectivity index (χ0n) is 17.4. The number of aliphatic imine (C=N–C) groups is 1. The Morgan fingerprint density at radius 2 is 1.57 bits per heavy atom. The molecule has 0 fully saturated rings. The molecular weight excluding hydrogens is 378 g/mol. The molecule has 0 spiro atoms. The highest BCUT2D eigenvalue weighted by atomic mass is 16.5. The predicted octanol–water partition coefficient (Wildman–Crippen LogP) is 6.19. The van der Waals surface area contributed by atoms with E-state index in [2.05, 4.69) is 4.99 Å². The Bertz CT molecular complexity index is 1010. The molecule has 0 aliphatic rings. The van der Waals surface area contributed by atoms with Crippen molar-refractivity contribution in [2.45, 2.75) is 13.8 Å². The van der Waals surface area contributed by atoms with Gasteiger partial charge in [-0.3, -0.25) is 0 Å². The van der Waals surface area contributed by atoms with Crippen LogP contribution in [0.5, 0.6) is 23.0 Å². The fourth-order valence-electron chi connectivity index (χ4n) is 2.64. The summed E-state index contributed by atoms with van der Waals surface area (Å²) in [5.41, 5.74) is 1.49. The fourth-order valence-corrected chi connectivity index (χ4v) is 2.64. The molecule has 3 aromatic carbocycles. The highest BCUT2D eigenvalue weighted by Crippen LogP contribution is 2.27. The third-order valence-corrected chi connectivity index (χ3v) is 4.09. The fraction of sp³-hybridized carbons (Fsp3) is 0.160. The van der Waals surface area contributed by atoms with E-state index >= 15 is 0 Å². The first-order valence-electron chi connectivity index (χ1n) is 9.71. The van der Waals surface area contributed by atoms with E-state index in [0.717, 1.165) is 11.4 Å². The van der Waals surface area contributed by atoms with E-state index in [1.165, 1.54) is 0 Å². The van der Waals surface area contributed by atoms with Crippen molar-refractivity contribution in [1.82, 2.24) is 0 Å². The normalized spacial score (nSPS) is 11.7. The van der Waals surface area contributed by atoms with Crippen LogP contribution in [0.2, 0.25) is 0 Å². The van der Waals surface area contributed by atoms with Crippen LogP contribution in [-0.4, -0.2) is 19.6 Å². The number of methoxy groups -OCH3 is 1. The molecule has 3 rings (SSSR count). The molecular formula is C25H25NO4. The van der Waals surface area contributed by atoms with Gasteiger partial charge in [0, 0.05) is 11.6 Å². The smallest absolute Gasteiger partial charge is 0.225 e. The monoisotopic (exact) mass is 403 g/mol. The Labute approximate surface area is 177 Å². The van der Waals surface area contributed by atoms with Crippen LogP contribution < -0.4 is 18.9 Å². The molecule has 0 aromatic heterocycles. The average Bonchev–Trinajstić information content (AvgIpc) is 2.78. The minimum atomic E-state index is 0.421. The Morgan fingerprint density at radius 1 is 0.867 bits per heavy atom. The van der Waals surface area contributed by atoms with Crippen LogP contribution in [0.15, 0.2) is 95.7 Å². The first-order valence-corrected chi connectivity index (χ1v) is 9.71. The van der Waals surface area contributed by atoms with E-state index in [0.29, 0.717) is 35.3 Å². The van der Waals surface area contributed by atoms with Gasteiger partial charge in [0.05, 0.1) is 25.7 Å². The predicted molar refractivity (Wildman–Crippen MR) is 119 cm³/mol. The first-order chi connectivity index (χ1) is 14.7. The SMILES string of the molecule is CCOc1cccc(O/C(=N/c2ccccc2)C(C)=COc2ccccc2OC)c1. The summed E-state index contributed by atoms with van der Waals surface area (Å²) in [5, 5.41) is 0. The molecule has 0 radical (unpaired) electrons. The van der Waals surface area contributed by atoms with Crippen molar-refractivity contribution >= 4 is 11.6 Å². The molecule has 5 heteroatoms. The Balaban J connectivity index is 1.89. The van der Waals surface area contributed by atoms with Gasteiger partial charge in [0.25, 0.3) is 0 Å². The first kappa shape index (κ1) is 21.0. The van der Waals surface area contributed by atoms with Crippen molar-refractivity contribution in [2.24, 2.45) is 4.99 Å². The van der Waals surface area contributed by atoms with Crippen LogP contribution in [-0.2, 0) is 0 Å². The second kappa shape index (κ2) is 10.7. The molecule has 5 nitrogen and oxygen atoms in total. The van der Waals surface area contributed by atoms with Gasteiger partial charge in [-0.2, -0.15) is 0 Å². The van der Waals surface area contributed by atoms with Crippen LogP contribution in [0.25, 0.3) is 0 Å². The second-order valence-electron chi connectivity index (χ2n) is 6.33. The lowest BCUT2D eigenvalue weighted by molar-refractivity contribution is 0.339. The number of hydrogen-bond donors (Lipinski definition) is 0. The summed E-state index contributed by atoms with van der Waals surface area (Å²) in [7, 11) is 1.61. The van der Waals surface area contributed by atoms with Crippen molar-refractivity contribution in [3.63, 3.8) is 0 Å². The van der Waals surface area contributed by atoms with Gasteiger partial charge in [0.1, 0.15) is 11.5 Å². The van der Waals surface area contributed by atoms with Crippen molar-refractivity contribution < 1.29 is 18.9 Å². The summed E-state index contributed by atoms with van der Waals surface area (Å²) in [6.07, 6.45) is 1.60. The Morgan fingerprint density at radius 3 is 2.30 bits per heavy atom. The zero-order chi connectivity index (χ0) is 21.2. The van der Waals surface area contributed by atoms with E-state index in [-0.39, 0.29) is 0 Å². The highest BCUT2D eigenvalue weighted by molar-refractivity contribution is 5.96. The molecule has 0 aliphatic carbocycles. The van der Waals surface area contributed by atoms with Crippen molar-refractivity contribution in [3.05, 3.63) is 90.7 Å². The molecule has 30 heavy (non-hydrogen) atoms. The lowest BCUT2D eigenvalue weighted by Gasteiger charge is -2.12. The third kappa shape index (κ3) is 5.88. The quantitative estimate of drug-likeness (QED) is 0.256. The molecule has 0 aliphatic heterocycles. The third-order valence-electron chi connectivity index (χ3n) is 4.09. The number of hydrogen-bond acceptors (Lipinski definition) is 5. The van der Waals surface area contributed by atoms with Gasteiger partial charge in [-0.05, 0) is 50.2 Å². The summed E-state index contributed by atoms with van der Waals surface area (Å²) < 4.78 is 22.8. The molecule has 0 N–H and O–H groups in total. The topological polar surface area (TPSA) is 49.3 Å². The minimum absolute atomic E-state index is 0.421. The van der Waals surface area contributed by atoms with E-state index in [1.807, 2.05) is 92.7 Å². The molecule has 3 aromatic rings. The maximum atomic E-state index is 6.10. The standard InChI is InChI=1S/C25H25NO4/c1-4-28-21-13-10-14-22(17-21)30-25(26-20-11-6-5-7-12-20)19(2)18-29-24-16-9-8-15-23(24)27-3/h5-18H,4H2,1-3H3/b19-18?,26-25+. The molecule has 0 heterocycles. The van der Waals surface area contributed by atoms with Gasteiger partial charge in [-0.15, -0.1) is 0 Å². The van der Waals surface area contributed by atoms with Crippen LogP contribution >= 0.6 is 0 Å². The number of nitrogens with zero attached hydrogens (tertiary/aromatic N) is 1. The van der Waals surface area contributed by atoms with Crippen LogP contribution in [0.3, 0.4) is 0 Å². The van der Waals surface area contributed by atoms with E-state index in [1.54, 1.807) is 13.4 Å². The van der Waals surface area contributed by atoms with Crippen LogP contribution in [0.4, 0.5) is 5.69 Å². The maximum Gasteiger partial charge on any atom is 0.225 e. The summed E-state index contributed by atoms with van der Waals surface area (Å²) >= 11 is 0. The molecule has 0 atom stereocenters. The van der Waals surface area contributed by atoms with Gasteiger partial charge in [0.2, 0.25) is 5.90 Å². The Hall–Kier alpha value is -3.73. The van der Waals surface area contributed by atoms with E-state index < -0.39 is 0 Å². The van der Waals surface area contributed by atoms with Crippen molar-refractivity contribution in [2.75, 3.05) is 13.7 Å². The molecule has 0 bridgehead atoms.